The molecule has 0 aromatic carbocycles. The monoisotopic (exact) mass is 441 g/mol. The van der Waals surface area contributed by atoms with E-state index in [1.165, 1.54) is 22.2 Å². The summed E-state index contributed by atoms with van der Waals surface area (Å²) in [5.74, 6) is 0.475. The highest BCUT2D eigenvalue weighted by molar-refractivity contribution is 7.99. The zero-order valence-corrected chi connectivity index (χ0v) is 18.1. The second-order valence-corrected chi connectivity index (χ2v) is 8.39. The molecule has 4 aromatic heterocycles. The molecule has 0 saturated heterocycles. The van der Waals surface area contributed by atoms with E-state index in [1.54, 1.807) is 23.6 Å². The summed E-state index contributed by atoms with van der Waals surface area (Å²) in [6.07, 6.45) is 1.73. The van der Waals surface area contributed by atoms with Gasteiger partial charge in [-0.25, -0.2) is 4.98 Å². The molecular weight excluding hydrogens is 422 g/mol. The van der Waals surface area contributed by atoms with Gasteiger partial charge in [0.15, 0.2) is 11.0 Å². The largest absolute Gasteiger partial charge is 0.459 e. The van der Waals surface area contributed by atoms with Gasteiger partial charge >= 0.3 is 5.97 Å². The molecule has 0 aliphatic rings. The van der Waals surface area contributed by atoms with Crippen LogP contribution in [-0.2, 0) is 22.7 Å². The third-order valence-corrected chi connectivity index (χ3v) is 6.14. The van der Waals surface area contributed by atoms with Crippen molar-refractivity contribution in [1.29, 1.82) is 0 Å². The molecule has 4 aromatic rings. The number of thiophene rings is 1. The van der Waals surface area contributed by atoms with Crippen LogP contribution in [0.4, 0.5) is 0 Å². The van der Waals surface area contributed by atoms with E-state index >= 15 is 0 Å². The fourth-order valence-corrected chi connectivity index (χ4v) is 4.44. The molecule has 0 unspecified atom stereocenters. The number of carbonyl (C=O) groups excluding carboxylic acids is 1. The summed E-state index contributed by atoms with van der Waals surface area (Å²) in [5.41, 5.74) is 1.69. The van der Waals surface area contributed by atoms with Crippen LogP contribution in [0, 0.1) is 6.92 Å². The molecule has 0 fully saturated rings. The summed E-state index contributed by atoms with van der Waals surface area (Å²) in [6, 6.07) is 8.98. The Morgan fingerprint density at radius 1 is 1.27 bits per heavy atom. The lowest BCUT2D eigenvalue weighted by Gasteiger charge is -2.07. The SMILES string of the molecule is CCn1c(SCC(=O)OCc2cc(=O)n3cc(C)ccc3n2)nnc1-c1cccs1. The first-order valence-electron chi connectivity index (χ1n) is 9.29. The van der Waals surface area contributed by atoms with Crippen molar-refractivity contribution in [2.45, 2.75) is 32.2 Å². The lowest BCUT2D eigenvalue weighted by molar-refractivity contribution is -0.141. The smallest absolute Gasteiger partial charge is 0.316 e. The maximum atomic E-state index is 12.2. The van der Waals surface area contributed by atoms with Crippen molar-refractivity contribution < 1.29 is 9.53 Å². The third kappa shape index (κ3) is 4.29. The number of aromatic nitrogens is 5. The average Bonchev–Trinajstić information content (AvgIpc) is 3.40. The highest BCUT2D eigenvalue weighted by atomic mass is 32.2. The summed E-state index contributed by atoms with van der Waals surface area (Å²) in [6.45, 7) is 4.55. The van der Waals surface area contributed by atoms with Gasteiger partial charge in [0.1, 0.15) is 12.3 Å². The number of ether oxygens (including phenoxy) is 1. The average molecular weight is 442 g/mol. The molecule has 0 amide bonds. The summed E-state index contributed by atoms with van der Waals surface area (Å²) >= 11 is 2.87. The Balaban J connectivity index is 1.39. The molecule has 4 heterocycles. The second-order valence-electron chi connectivity index (χ2n) is 6.50. The van der Waals surface area contributed by atoms with E-state index in [0.29, 0.717) is 23.0 Å². The molecule has 0 N–H and O–H groups in total. The maximum absolute atomic E-state index is 12.2. The van der Waals surface area contributed by atoms with Crippen molar-refractivity contribution in [3.05, 3.63) is 63.5 Å². The van der Waals surface area contributed by atoms with Gasteiger partial charge in [0, 0.05) is 18.8 Å². The molecular formula is C20H19N5O3S2. The van der Waals surface area contributed by atoms with E-state index in [-0.39, 0.29) is 17.9 Å². The number of pyridine rings is 1. The predicted octanol–water partition coefficient (Wildman–Crippen LogP) is 3.18. The van der Waals surface area contributed by atoms with Crippen molar-refractivity contribution in [2.75, 3.05) is 5.75 Å². The van der Waals surface area contributed by atoms with Crippen LogP contribution in [0.25, 0.3) is 16.3 Å². The minimum atomic E-state index is -0.408. The number of thioether (sulfide) groups is 1. The number of esters is 1. The van der Waals surface area contributed by atoms with Gasteiger partial charge in [-0.05, 0) is 36.9 Å². The van der Waals surface area contributed by atoms with Gasteiger partial charge in [0.2, 0.25) is 0 Å². The molecule has 0 saturated carbocycles. The van der Waals surface area contributed by atoms with Gasteiger partial charge in [-0.3, -0.25) is 14.0 Å². The van der Waals surface area contributed by atoms with Crippen molar-refractivity contribution in [1.82, 2.24) is 24.1 Å². The Bertz CT molecular complexity index is 1250. The normalized spacial score (nSPS) is 11.1. The number of rotatable bonds is 7. The topological polar surface area (TPSA) is 91.4 Å². The Morgan fingerprint density at radius 2 is 2.13 bits per heavy atom. The van der Waals surface area contributed by atoms with Gasteiger partial charge < -0.3 is 9.30 Å². The van der Waals surface area contributed by atoms with Crippen molar-refractivity contribution >= 4 is 34.7 Å². The first kappa shape index (κ1) is 20.3. The van der Waals surface area contributed by atoms with Crippen LogP contribution in [-0.4, -0.2) is 35.9 Å². The van der Waals surface area contributed by atoms with E-state index in [1.807, 2.05) is 42.0 Å². The molecule has 0 atom stereocenters. The molecule has 0 bridgehead atoms. The molecule has 30 heavy (non-hydrogen) atoms. The summed E-state index contributed by atoms with van der Waals surface area (Å²) in [4.78, 5) is 29.9. The molecule has 0 spiro atoms. The van der Waals surface area contributed by atoms with Crippen LogP contribution in [0.2, 0.25) is 0 Å². The van der Waals surface area contributed by atoms with E-state index in [9.17, 15) is 9.59 Å². The first-order chi connectivity index (χ1) is 14.5. The maximum Gasteiger partial charge on any atom is 0.316 e. The number of hydrogen-bond acceptors (Lipinski definition) is 8. The minimum Gasteiger partial charge on any atom is -0.459 e. The summed E-state index contributed by atoms with van der Waals surface area (Å²) < 4.78 is 8.75. The first-order valence-corrected chi connectivity index (χ1v) is 11.2. The second kappa shape index (κ2) is 8.80. The van der Waals surface area contributed by atoms with E-state index in [4.69, 9.17) is 4.74 Å². The zero-order valence-electron chi connectivity index (χ0n) is 16.4. The van der Waals surface area contributed by atoms with Crippen molar-refractivity contribution in [3.8, 4) is 10.7 Å². The number of aryl methyl sites for hydroxylation is 1. The molecule has 0 aliphatic carbocycles. The van der Waals surface area contributed by atoms with Gasteiger partial charge in [0.25, 0.3) is 5.56 Å². The molecule has 0 aliphatic heterocycles. The number of fused-ring (bicyclic) bond motifs is 1. The van der Waals surface area contributed by atoms with Crippen LogP contribution in [0.15, 0.2) is 51.9 Å². The summed E-state index contributed by atoms with van der Waals surface area (Å²) in [7, 11) is 0. The molecule has 0 radical (unpaired) electrons. The molecule has 4 rings (SSSR count). The van der Waals surface area contributed by atoms with E-state index in [2.05, 4.69) is 15.2 Å². The number of nitrogens with zero attached hydrogens (tertiary/aromatic N) is 5. The third-order valence-electron chi connectivity index (χ3n) is 4.34. The zero-order chi connectivity index (χ0) is 21.1. The van der Waals surface area contributed by atoms with Crippen molar-refractivity contribution in [2.24, 2.45) is 0 Å². The Morgan fingerprint density at radius 3 is 2.90 bits per heavy atom. The van der Waals surface area contributed by atoms with Crippen LogP contribution in [0.3, 0.4) is 0 Å². The quantitative estimate of drug-likeness (QED) is 0.321. The fraction of sp³-hybridized carbons (Fsp3) is 0.250. The fourth-order valence-electron chi connectivity index (χ4n) is 2.92. The van der Waals surface area contributed by atoms with Gasteiger partial charge in [-0.1, -0.05) is 23.9 Å². The van der Waals surface area contributed by atoms with Crippen LogP contribution < -0.4 is 5.56 Å². The van der Waals surface area contributed by atoms with Crippen LogP contribution in [0.5, 0.6) is 0 Å². The highest BCUT2D eigenvalue weighted by Crippen LogP contribution is 2.27. The number of hydrogen-bond donors (Lipinski definition) is 0. The highest BCUT2D eigenvalue weighted by Gasteiger charge is 2.16. The predicted molar refractivity (Wildman–Crippen MR) is 116 cm³/mol. The van der Waals surface area contributed by atoms with Crippen LogP contribution in [0.1, 0.15) is 18.2 Å². The minimum absolute atomic E-state index is 0.0556. The van der Waals surface area contributed by atoms with E-state index < -0.39 is 5.97 Å². The molecule has 10 heteroatoms. The van der Waals surface area contributed by atoms with Crippen LogP contribution >= 0.6 is 23.1 Å². The van der Waals surface area contributed by atoms with E-state index in [0.717, 1.165) is 16.3 Å². The lowest BCUT2D eigenvalue weighted by Crippen LogP contribution is -2.17. The lowest BCUT2D eigenvalue weighted by atomic mass is 10.3. The summed E-state index contributed by atoms with van der Waals surface area (Å²) in [5, 5.41) is 11.1. The van der Waals surface area contributed by atoms with Crippen molar-refractivity contribution in [3.63, 3.8) is 0 Å². The Labute approximate surface area is 180 Å². The van der Waals surface area contributed by atoms with Gasteiger partial charge in [-0.2, -0.15) is 0 Å². The Hall–Kier alpha value is -2.98. The number of carbonyl (C=O) groups is 1. The standard InChI is InChI=1S/C20H19N5O3S2/c1-3-24-19(15-5-4-8-29-15)22-23-20(24)30-12-18(27)28-11-14-9-17(26)25-10-13(2)6-7-16(25)21-14/h4-10H,3,11-12H2,1-2H3. The molecule has 8 nitrogen and oxygen atoms in total. The van der Waals surface area contributed by atoms with Gasteiger partial charge in [0.05, 0.1) is 16.3 Å². The van der Waals surface area contributed by atoms with Gasteiger partial charge in [-0.15, -0.1) is 21.5 Å². The molecule has 154 valence electrons. The Kier molecular flexibility index (Phi) is 5.96.